The average molecular weight is 881 g/mol. The second-order valence-electron chi connectivity index (χ2n) is 18.0. The Morgan fingerprint density at radius 2 is 1.70 bits per heavy atom. The van der Waals surface area contributed by atoms with Gasteiger partial charge in [-0.2, -0.15) is 5.10 Å². The van der Waals surface area contributed by atoms with Crippen molar-refractivity contribution >= 4 is 63.1 Å². The number of rotatable bonds is 10. The van der Waals surface area contributed by atoms with E-state index in [1.165, 1.54) is 15.6 Å². The number of alkyl halides is 3. The number of aryl methyl sites for hydroxylation is 1. The van der Waals surface area contributed by atoms with Gasteiger partial charge in [-0.05, 0) is 42.2 Å². The number of urea groups is 1. The van der Waals surface area contributed by atoms with Gasteiger partial charge >= 0.3 is 6.03 Å². The number of hydrogen-bond donors (Lipinski definition) is 3. The lowest BCUT2D eigenvalue weighted by molar-refractivity contribution is -0.154. The summed E-state index contributed by atoms with van der Waals surface area (Å²) in [6.45, 7) is 6.05. The second-order valence-corrected chi connectivity index (χ2v) is 18.0. The lowest BCUT2D eigenvalue weighted by atomic mass is 9.93. The first-order valence-electron chi connectivity index (χ1n) is 22.2. The Kier molecular flexibility index (Phi) is 9.95. The Hall–Kier alpha value is -5.99. The monoisotopic (exact) mass is 880 g/mol. The first kappa shape index (κ1) is 40.8. The molecule has 0 bridgehead atoms. The number of imidazole rings is 1. The van der Waals surface area contributed by atoms with E-state index >= 15 is 8.78 Å². The number of carbonyl (C=O) groups excluding carboxylic acids is 3. The van der Waals surface area contributed by atoms with Crippen LogP contribution in [0.2, 0.25) is 0 Å². The maximum absolute atomic E-state index is 16.1. The molecule has 4 amide bonds. The van der Waals surface area contributed by atoms with Crippen molar-refractivity contribution < 1.29 is 27.6 Å². The predicted octanol–water partition coefficient (Wildman–Crippen LogP) is 3.35. The number of fused-ring (bicyclic) bond motifs is 3. The number of likely N-dealkylation sites (tertiary alicyclic amines) is 2. The van der Waals surface area contributed by atoms with Crippen molar-refractivity contribution in [3.63, 3.8) is 0 Å². The highest BCUT2D eigenvalue weighted by molar-refractivity contribution is 6.10. The summed E-state index contributed by atoms with van der Waals surface area (Å²) in [5.74, 6) is -2.44. The Bertz CT molecular complexity index is 2680. The molecule has 17 nitrogen and oxygen atoms in total. The zero-order chi connectivity index (χ0) is 44.0. The lowest BCUT2D eigenvalue weighted by Gasteiger charge is -2.53. The summed E-state index contributed by atoms with van der Waals surface area (Å²) in [6, 6.07) is 12.4. The second kappa shape index (κ2) is 15.6. The van der Waals surface area contributed by atoms with Gasteiger partial charge in [-0.3, -0.25) is 39.2 Å². The van der Waals surface area contributed by atoms with Crippen molar-refractivity contribution in [3.05, 3.63) is 65.5 Å². The molecule has 3 aromatic heterocycles. The van der Waals surface area contributed by atoms with Crippen molar-refractivity contribution in [3.8, 4) is 0 Å². The predicted molar refractivity (Wildman–Crippen MR) is 234 cm³/mol. The summed E-state index contributed by atoms with van der Waals surface area (Å²) in [5, 5.41) is 18.6. The molecule has 4 saturated heterocycles. The molecule has 2 unspecified atom stereocenters. The molecule has 20 heteroatoms. The molecule has 0 radical (unpaired) electrons. The highest BCUT2D eigenvalue weighted by Crippen LogP contribution is 2.40. The van der Waals surface area contributed by atoms with Crippen LogP contribution in [-0.4, -0.2) is 160 Å². The number of amides is 4. The molecule has 6 aliphatic rings. The number of nitrogens with one attached hydrogen (secondary N) is 3. The van der Waals surface area contributed by atoms with E-state index in [-0.39, 0.29) is 37.2 Å². The molecular weight excluding hydrogens is 830 g/mol. The first-order chi connectivity index (χ1) is 30.9. The number of halogens is 3. The fourth-order valence-electron chi connectivity index (χ4n) is 10.5. The quantitative estimate of drug-likeness (QED) is 0.189. The number of anilines is 5. The molecular formula is C44H51F3N14O3. The number of nitrogens with zero attached hydrogens (tertiary/aromatic N) is 11. The summed E-state index contributed by atoms with van der Waals surface area (Å²) in [7, 11) is 3.65. The van der Waals surface area contributed by atoms with E-state index < -0.39 is 36.1 Å². The minimum Gasteiger partial charge on any atom is -0.385 e. The molecule has 5 aromatic rings. The van der Waals surface area contributed by atoms with Gasteiger partial charge in [-0.15, -0.1) is 5.10 Å². The number of piperazine rings is 1. The van der Waals surface area contributed by atoms with Gasteiger partial charge in [-0.1, -0.05) is 18.2 Å². The van der Waals surface area contributed by atoms with E-state index in [1.54, 1.807) is 11.7 Å². The van der Waals surface area contributed by atoms with Gasteiger partial charge in [0.15, 0.2) is 23.0 Å². The zero-order valence-corrected chi connectivity index (χ0v) is 35.8. The standard InChI is InChI=1S/C44H51F3N14O3/c1-48-32-20-37(52-61-35(21-49-41(32)61)42(63)50-31-19-30(31)45)59-13-9-28-26(5-3-7-33(28)59)22-55-12-10-36(44(46,47)25-55)58-23-27(24-58)56-15-17-57(18-16-56)34-8-4-6-29-39(34)54(2)53-40(29)60-14-11-38(62)51-43(60)64/h3-8,20-21,27,30-31,36,48H,9-19,22-25H2,1-2H3,(H,50,63)(H,51,62,64)/t30-,31?,36?/m0/s1. The molecule has 0 spiro atoms. The van der Waals surface area contributed by atoms with Crippen molar-refractivity contribution in [2.45, 2.75) is 62.4 Å². The lowest BCUT2D eigenvalue weighted by Crippen LogP contribution is -2.69. The highest BCUT2D eigenvalue weighted by atomic mass is 19.3. The minimum atomic E-state index is -2.86. The van der Waals surface area contributed by atoms with Crippen LogP contribution in [0.15, 0.2) is 48.7 Å². The van der Waals surface area contributed by atoms with Gasteiger partial charge in [0.25, 0.3) is 11.8 Å². The largest absolute Gasteiger partial charge is 0.385 e. The molecule has 2 aromatic carbocycles. The summed E-state index contributed by atoms with van der Waals surface area (Å²) < 4.78 is 49.1. The summed E-state index contributed by atoms with van der Waals surface area (Å²) in [6.07, 6.45) is 2.05. The maximum atomic E-state index is 16.1. The number of piperidine rings is 1. The number of carbonyl (C=O) groups is 3. The third kappa shape index (κ3) is 7.05. The normalized spacial score (nSPS) is 24.3. The van der Waals surface area contributed by atoms with Gasteiger partial charge in [0.05, 0.1) is 41.7 Å². The number of hydrogen-bond acceptors (Lipinski definition) is 12. The Balaban J connectivity index is 0.706. The van der Waals surface area contributed by atoms with Gasteiger partial charge in [0.1, 0.15) is 6.17 Å². The van der Waals surface area contributed by atoms with E-state index in [4.69, 9.17) is 10.2 Å². The van der Waals surface area contributed by atoms with E-state index in [0.717, 1.165) is 66.0 Å². The summed E-state index contributed by atoms with van der Waals surface area (Å²) in [5.41, 5.74) is 6.42. The van der Waals surface area contributed by atoms with Crippen LogP contribution in [0.3, 0.4) is 0 Å². The Labute approximate surface area is 367 Å². The topological polar surface area (TPSA) is 155 Å². The molecule has 1 saturated carbocycles. The maximum Gasteiger partial charge on any atom is 0.329 e. The van der Waals surface area contributed by atoms with Crippen LogP contribution in [0.1, 0.15) is 40.9 Å². The van der Waals surface area contributed by atoms with E-state index in [1.807, 2.05) is 53.2 Å². The van der Waals surface area contributed by atoms with Crippen molar-refractivity contribution in [1.82, 2.24) is 49.7 Å². The van der Waals surface area contributed by atoms with Crippen molar-refractivity contribution in [2.24, 2.45) is 7.05 Å². The number of aromatic nitrogens is 5. The van der Waals surface area contributed by atoms with Gasteiger partial charge in [0.2, 0.25) is 5.91 Å². The molecule has 5 aliphatic heterocycles. The minimum absolute atomic E-state index is 0.219. The first-order valence-corrected chi connectivity index (χ1v) is 22.2. The van der Waals surface area contributed by atoms with Crippen LogP contribution >= 0.6 is 0 Å². The van der Waals surface area contributed by atoms with Crippen molar-refractivity contribution in [2.75, 3.05) is 92.5 Å². The third-order valence-corrected chi connectivity index (χ3v) is 14.1. The smallest absolute Gasteiger partial charge is 0.329 e. The van der Waals surface area contributed by atoms with Crippen LogP contribution in [0.5, 0.6) is 0 Å². The van der Waals surface area contributed by atoms with Crippen LogP contribution < -0.4 is 30.7 Å². The van der Waals surface area contributed by atoms with Crippen LogP contribution in [-0.2, 0) is 24.8 Å². The highest BCUT2D eigenvalue weighted by Gasteiger charge is 2.51. The molecule has 11 rings (SSSR count). The summed E-state index contributed by atoms with van der Waals surface area (Å²) >= 11 is 0. The molecule has 1 aliphatic carbocycles. The zero-order valence-electron chi connectivity index (χ0n) is 35.8. The molecule has 3 N–H and O–H groups in total. The Morgan fingerprint density at radius 1 is 0.938 bits per heavy atom. The molecule has 3 atom stereocenters. The van der Waals surface area contributed by atoms with Crippen LogP contribution in [0, 0.1) is 0 Å². The van der Waals surface area contributed by atoms with Gasteiger partial charge in [0, 0.05) is 116 Å². The van der Waals surface area contributed by atoms with E-state index in [0.29, 0.717) is 68.5 Å². The molecule has 8 heterocycles. The van der Waals surface area contributed by atoms with Crippen LogP contribution in [0.4, 0.5) is 46.7 Å². The van der Waals surface area contributed by atoms with Crippen molar-refractivity contribution in [1.29, 1.82) is 0 Å². The van der Waals surface area contributed by atoms with Gasteiger partial charge < -0.3 is 20.4 Å². The number of imide groups is 1. The molecule has 5 fully saturated rings. The average Bonchev–Trinajstić information content (AvgIpc) is 3.58. The number of para-hydroxylation sites is 1. The fraction of sp³-hybridized carbons (Fsp3) is 0.500. The molecule has 64 heavy (non-hydrogen) atoms. The van der Waals surface area contributed by atoms with E-state index in [9.17, 15) is 18.8 Å². The Morgan fingerprint density at radius 3 is 2.45 bits per heavy atom. The van der Waals surface area contributed by atoms with Crippen LogP contribution in [0.25, 0.3) is 16.6 Å². The summed E-state index contributed by atoms with van der Waals surface area (Å²) in [4.78, 5) is 54.1. The van der Waals surface area contributed by atoms with E-state index in [2.05, 4.69) is 41.7 Å². The molecule has 336 valence electrons. The SMILES string of the molecule is CNc1cc(N2CCc3c(CN4CCC(N5CC(N6CCN(c7cccc8c(N9CCC(=O)NC9=O)nn(C)c78)CC6)C5)C(F)(F)C4)cccc32)nn2c(C(=O)NC3C[C@@H]3F)cnc12. The number of benzene rings is 2. The van der Waals surface area contributed by atoms with Gasteiger partial charge in [-0.25, -0.2) is 27.5 Å². The third-order valence-electron chi connectivity index (χ3n) is 14.1. The fourth-order valence-corrected chi connectivity index (χ4v) is 10.5.